The van der Waals surface area contributed by atoms with Crippen molar-refractivity contribution in [2.75, 3.05) is 17.2 Å². The molecule has 1 aromatic rings. The second-order valence-corrected chi connectivity index (χ2v) is 7.39. The van der Waals surface area contributed by atoms with E-state index in [1.807, 2.05) is 0 Å². The van der Waals surface area contributed by atoms with Crippen LogP contribution in [-0.4, -0.2) is 24.5 Å². The second kappa shape index (κ2) is 8.36. The van der Waals surface area contributed by atoms with E-state index in [9.17, 15) is 9.59 Å². The molecule has 0 aliphatic heterocycles. The molecule has 2 bridgehead atoms. The summed E-state index contributed by atoms with van der Waals surface area (Å²) in [6.45, 7) is 3.96. The van der Waals surface area contributed by atoms with Crippen molar-refractivity contribution in [2.24, 2.45) is 23.5 Å². The summed E-state index contributed by atoms with van der Waals surface area (Å²) in [5.41, 5.74) is 7.72. The maximum Gasteiger partial charge on any atom is 0.319 e. The fourth-order valence-electron chi connectivity index (χ4n) is 4.22. The first kappa shape index (κ1) is 18.5. The lowest BCUT2D eigenvalue weighted by molar-refractivity contribution is -0.122. The summed E-state index contributed by atoms with van der Waals surface area (Å²) in [6.07, 6.45) is 6.95. The Kier molecular flexibility index (Phi) is 5.93. The molecule has 2 saturated carbocycles. The van der Waals surface area contributed by atoms with E-state index < -0.39 is 0 Å². The molecular weight excluding hydrogens is 328 g/mol. The van der Waals surface area contributed by atoms with Crippen molar-refractivity contribution >= 4 is 23.3 Å². The maximum atomic E-state index is 12.6. The summed E-state index contributed by atoms with van der Waals surface area (Å²) >= 11 is 0. The first-order chi connectivity index (χ1) is 12.6. The zero-order valence-electron chi connectivity index (χ0n) is 15.0. The number of hydrogen-bond acceptors (Lipinski definition) is 3. The molecule has 2 atom stereocenters. The number of benzene rings is 1. The molecule has 140 valence electrons. The van der Waals surface area contributed by atoms with Gasteiger partial charge in [0.25, 0.3) is 0 Å². The minimum atomic E-state index is -0.285. The summed E-state index contributed by atoms with van der Waals surface area (Å²) in [7, 11) is 0. The molecule has 26 heavy (non-hydrogen) atoms. The third kappa shape index (κ3) is 4.43. The number of carbonyl (C=O) groups is 2. The summed E-state index contributed by atoms with van der Waals surface area (Å²) in [5, 5.41) is 8.38. The van der Waals surface area contributed by atoms with Crippen molar-refractivity contribution in [3.63, 3.8) is 0 Å². The third-order valence-electron chi connectivity index (χ3n) is 5.60. The number of carbonyl (C=O) groups excluding carboxylic acids is 2. The van der Waals surface area contributed by atoms with Crippen LogP contribution in [0.5, 0.6) is 0 Å². The monoisotopic (exact) mass is 356 g/mol. The van der Waals surface area contributed by atoms with Gasteiger partial charge in [0.05, 0.1) is 0 Å². The quantitative estimate of drug-likeness (QED) is 0.610. The predicted octanol–water partition coefficient (Wildman–Crippen LogP) is 3.09. The van der Waals surface area contributed by atoms with Crippen molar-refractivity contribution in [1.82, 2.24) is 5.32 Å². The van der Waals surface area contributed by atoms with Gasteiger partial charge in [0.2, 0.25) is 5.91 Å². The molecule has 0 aromatic heterocycles. The van der Waals surface area contributed by atoms with E-state index in [0.717, 1.165) is 31.4 Å². The number of anilines is 2. The van der Waals surface area contributed by atoms with E-state index in [1.54, 1.807) is 30.3 Å². The highest BCUT2D eigenvalue weighted by atomic mass is 16.2. The second-order valence-electron chi connectivity index (χ2n) is 7.39. The zero-order valence-corrected chi connectivity index (χ0v) is 15.0. The number of rotatable bonds is 5. The Morgan fingerprint density at radius 3 is 2.23 bits per heavy atom. The van der Waals surface area contributed by atoms with Crippen LogP contribution in [0.25, 0.3) is 0 Å². The van der Waals surface area contributed by atoms with Gasteiger partial charge in [-0.05, 0) is 61.8 Å². The van der Waals surface area contributed by atoms with E-state index >= 15 is 0 Å². The van der Waals surface area contributed by atoms with Gasteiger partial charge in [0.1, 0.15) is 0 Å². The van der Waals surface area contributed by atoms with Crippen molar-refractivity contribution in [3.8, 4) is 0 Å². The summed E-state index contributed by atoms with van der Waals surface area (Å²) in [4.78, 5) is 24.3. The van der Waals surface area contributed by atoms with Gasteiger partial charge < -0.3 is 21.7 Å². The lowest BCUT2D eigenvalue weighted by atomic mass is 9.65. The van der Waals surface area contributed by atoms with E-state index in [2.05, 4.69) is 22.5 Å². The summed E-state index contributed by atoms with van der Waals surface area (Å²) in [5.74, 6) is 1.10. The van der Waals surface area contributed by atoms with Crippen LogP contribution < -0.4 is 21.7 Å². The van der Waals surface area contributed by atoms with Crippen LogP contribution in [0.4, 0.5) is 16.2 Å². The minimum absolute atomic E-state index is 0.0487. The molecule has 2 aliphatic carbocycles. The number of fused-ring (bicyclic) bond motifs is 2. The number of hydrogen-bond donors (Lipinski definition) is 4. The molecule has 2 fully saturated rings. The summed E-state index contributed by atoms with van der Waals surface area (Å²) in [6, 6.07) is 7.13. The van der Waals surface area contributed by atoms with Gasteiger partial charge in [-0.2, -0.15) is 0 Å². The molecule has 6 heteroatoms. The van der Waals surface area contributed by atoms with Gasteiger partial charge in [-0.3, -0.25) is 4.79 Å². The number of nitrogens with one attached hydrogen (secondary N) is 3. The van der Waals surface area contributed by atoms with Crippen LogP contribution in [0.2, 0.25) is 0 Å². The van der Waals surface area contributed by atoms with Crippen molar-refractivity contribution in [3.05, 3.63) is 36.9 Å². The standard InChI is InChI=1S/C20H28N4O2/c1-2-10-22-20(26)24-17-8-6-16(7-9-17)23-19(25)15-11-13-4-3-5-14(12-15)18(13)21/h2,6-9,13-15,18H,1,3-5,10-12,21H2,(H,23,25)(H2,22,24,26). The fraction of sp³-hybridized carbons (Fsp3) is 0.500. The largest absolute Gasteiger partial charge is 0.334 e. The Balaban J connectivity index is 1.53. The molecule has 0 spiro atoms. The maximum absolute atomic E-state index is 12.6. The van der Waals surface area contributed by atoms with Crippen LogP contribution >= 0.6 is 0 Å². The van der Waals surface area contributed by atoms with Crippen molar-refractivity contribution in [1.29, 1.82) is 0 Å². The predicted molar refractivity (Wildman–Crippen MR) is 104 cm³/mol. The SMILES string of the molecule is C=CCNC(=O)Nc1ccc(NC(=O)C2CC3CCCC(C2)C3N)cc1. The average molecular weight is 356 g/mol. The molecule has 0 heterocycles. The average Bonchev–Trinajstić information content (AvgIpc) is 2.61. The topological polar surface area (TPSA) is 96.2 Å². The van der Waals surface area contributed by atoms with Gasteiger partial charge in [-0.15, -0.1) is 6.58 Å². The fourth-order valence-corrected chi connectivity index (χ4v) is 4.22. The molecule has 0 radical (unpaired) electrons. The summed E-state index contributed by atoms with van der Waals surface area (Å²) < 4.78 is 0. The molecule has 0 saturated heterocycles. The smallest absolute Gasteiger partial charge is 0.319 e. The van der Waals surface area contributed by atoms with Crippen LogP contribution in [0.1, 0.15) is 32.1 Å². The van der Waals surface area contributed by atoms with E-state index in [4.69, 9.17) is 5.73 Å². The Hall–Kier alpha value is -2.34. The number of amides is 3. The van der Waals surface area contributed by atoms with Gasteiger partial charge in [0.15, 0.2) is 0 Å². The third-order valence-corrected chi connectivity index (χ3v) is 5.60. The van der Waals surface area contributed by atoms with Crippen molar-refractivity contribution < 1.29 is 9.59 Å². The Labute approximate surface area is 154 Å². The van der Waals surface area contributed by atoms with Gasteiger partial charge in [-0.1, -0.05) is 12.5 Å². The molecular formula is C20H28N4O2. The first-order valence-electron chi connectivity index (χ1n) is 9.39. The van der Waals surface area contributed by atoms with Crippen LogP contribution in [0.15, 0.2) is 36.9 Å². The lowest BCUT2D eigenvalue weighted by Gasteiger charge is -2.43. The molecule has 3 amide bonds. The lowest BCUT2D eigenvalue weighted by Crippen LogP contribution is -2.48. The van der Waals surface area contributed by atoms with E-state index in [1.165, 1.54) is 6.42 Å². The van der Waals surface area contributed by atoms with Crippen LogP contribution in [-0.2, 0) is 4.79 Å². The molecule has 5 N–H and O–H groups in total. The Morgan fingerprint density at radius 1 is 1.08 bits per heavy atom. The molecule has 2 unspecified atom stereocenters. The highest BCUT2D eigenvalue weighted by Crippen LogP contribution is 2.42. The molecule has 2 aliphatic rings. The normalized spacial score (nSPS) is 27.3. The Morgan fingerprint density at radius 2 is 1.65 bits per heavy atom. The number of urea groups is 1. The van der Waals surface area contributed by atoms with E-state index in [-0.39, 0.29) is 23.9 Å². The van der Waals surface area contributed by atoms with Gasteiger partial charge in [-0.25, -0.2) is 4.79 Å². The van der Waals surface area contributed by atoms with Crippen molar-refractivity contribution in [2.45, 2.75) is 38.1 Å². The van der Waals surface area contributed by atoms with Crippen LogP contribution in [0, 0.1) is 17.8 Å². The zero-order chi connectivity index (χ0) is 18.5. The Bertz CT molecular complexity index is 644. The van der Waals surface area contributed by atoms with Gasteiger partial charge in [0, 0.05) is 29.9 Å². The van der Waals surface area contributed by atoms with Gasteiger partial charge >= 0.3 is 6.03 Å². The van der Waals surface area contributed by atoms with E-state index in [0.29, 0.717) is 24.1 Å². The molecule has 6 nitrogen and oxygen atoms in total. The van der Waals surface area contributed by atoms with Crippen LogP contribution in [0.3, 0.4) is 0 Å². The number of nitrogens with two attached hydrogens (primary N) is 1. The first-order valence-corrected chi connectivity index (χ1v) is 9.39. The minimum Gasteiger partial charge on any atom is -0.334 e. The molecule has 3 rings (SSSR count). The highest BCUT2D eigenvalue weighted by molar-refractivity contribution is 5.93. The highest BCUT2D eigenvalue weighted by Gasteiger charge is 2.40. The molecule has 1 aromatic carbocycles.